The topological polar surface area (TPSA) is 41.6 Å². The Labute approximate surface area is 161 Å². The molecule has 4 heteroatoms. The minimum Gasteiger partial charge on any atom is -0.480 e. The second-order valence-electron chi connectivity index (χ2n) is 7.59. The third kappa shape index (κ3) is 4.51. The summed E-state index contributed by atoms with van der Waals surface area (Å²) in [5.41, 5.74) is 2.35. The molecule has 2 aliphatic heterocycles. The van der Waals surface area contributed by atoms with Crippen LogP contribution in [0, 0.1) is 0 Å². The van der Waals surface area contributed by atoms with E-state index in [4.69, 9.17) is 4.74 Å². The van der Waals surface area contributed by atoms with Gasteiger partial charge in [0.1, 0.15) is 5.75 Å². The molecule has 0 aliphatic carbocycles. The summed E-state index contributed by atoms with van der Waals surface area (Å²) in [6, 6.07) is 18.3. The molecule has 0 saturated carbocycles. The zero-order valence-corrected chi connectivity index (χ0v) is 15.8. The number of nitrogens with zero attached hydrogens (tertiary/aromatic N) is 1. The van der Waals surface area contributed by atoms with Gasteiger partial charge in [0.15, 0.2) is 6.10 Å². The Morgan fingerprint density at radius 2 is 1.78 bits per heavy atom. The van der Waals surface area contributed by atoms with Gasteiger partial charge < -0.3 is 15.0 Å². The summed E-state index contributed by atoms with van der Waals surface area (Å²) in [5, 5.41) is 3.28. The maximum Gasteiger partial charge on any atom is 0.261 e. The number of rotatable bonds is 5. The number of fused-ring (bicyclic) bond motifs is 1. The first kappa shape index (κ1) is 18.1. The molecule has 4 rings (SSSR count). The molecule has 2 aromatic rings. The molecule has 0 radical (unpaired) electrons. The van der Waals surface area contributed by atoms with Crippen LogP contribution < -0.4 is 10.1 Å². The Morgan fingerprint density at radius 1 is 1.04 bits per heavy atom. The van der Waals surface area contributed by atoms with E-state index < -0.39 is 6.10 Å². The highest BCUT2D eigenvalue weighted by atomic mass is 16.5. The highest BCUT2D eigenvalue weighted by molar-refractivity contribution is 5.82. The lowest BCUT2D eigenvalue weighted by atomic mass is 10.0. The van der Waals surface area contributed by atoms with Crippen LogP contribution in [0.3, 0.4) is 0 Å². The zero-order valence-electron chi connectivity index (χ0n) is 15.8. The molecule has 142 valence electrons. The quantitative estimate of drug-likeness (QED) is 0.879. The monoisotopic (exact) mass is 364 g/mol. The first-order valence-electron chi connectivity index (χ1n) is 10.1. The Morgan fingerprint density at radius 3 is 2.59 bits per heavy atom. The second kappa shape index (κ2) is 8.57. The molecule has 0 aromatic heterocycles. The predicted molar refractivity (Wildman–Crippen MR) is 107 cm³/mol. The molecule has 0 spiro atoms. The Bertz CT molecular complexity index is 756. The van der Waals surface area contributed by atoms with Crippen LogP contribution in [0.2, 0.25) is 0 Å². The molecule has 2 aromatic carbocycles. The van der Waals surface area contributed by atoms with Crippen LogP contribution in [0.5, 0.6) is 5.75 Å². The number of para-hydroxylation sites is 1. The van der Waals surface area contributed by atoms with E-state index in [1.165, 1.54) is 24.8 Å². The molecular formula is C23H28N2O2. The molecule has 1 amide bonds. The summed E-state index contributed by atoms with van der Waals surface area (Å²) in [6.07, 6.45) is 5.02. The summed E-state index contributed by atoms with van der Waals surface area (Å²) in [6.45, 7) is 3.10. The number of ether oxygens (including phenoxy) is 1. The largest absolute Gasteiger partial charge is 0.480 e. The summed E-state index contributed by atoms with van der Waals surface area (Å²) < 4.78 is 5.99. The van der Waals surface area contributed by atoms with Crippen molar-refractivity contribution in [1.29, 1.82) is 0 Å². The van der Waals surface area contributed by atoms with Gasteiger partial charge in [-0.3, -0.25) is 4.79 Å². The van der Waals surface area contributed by atoms with Gasteiger partial charge >= 0.3 is 0 Å². The van der Waals surface area contributed by atoms with Crippen LogP contribution >= 0.6 is 0 Å². The van der Waals surface area contributed by atoms with Gasteiger partial charge in [-0.15, -0.1) is 0 Å². The number of hydrogen-bond donors (Lipinski definition) is 1. The summed E-state index contributed by atoms with van der Waals surface area (Å²) in [5.74, 6) is 0.839. The predicted octanol–water partition coefficient (Wildman–Crippen LogP) is 3.72. The maximum atomic E-state index is 13.0. The smallest absolute Gasteiger partial charge is 0.261 e. The molecule has 2 atom stereocenters. The number of amides is 1. The third-order valence-corrected chi connectivity index (χ3v) is 5.62. The highest BCUT2D eigenvalue weighted by Gasteiger charge is 2.28. The molecule has 2 heterocycles. The Balaban J connectivity index is 1.45. The molecule has 1 fully saturated rings. The number of carbonyl (C=O) groups excluding carboxylic acids is 1. The van der Waals surface area contributed by atoms with Gasteiger partial charge in [0.25, 0.3) is 5.91 Å². The van der Waals surface area contributed by atoms with Crippen LogP contribution in [0.15, 0.2) is 54.6 Å². The van der Waals surface area contributed by atoms with E-state index in [2.05, 4.69) is 28.4 Å². The lowest BCUT2D eigenvalue weighted by Gasteiger charge is -2.32. The van der Waals surface area contributed by atoms with E-state index in [0.29, 0.717) is 0 Å². The van der Waals surface area contributed by atoms with Crippen LogP contribution in [0.25, 0.3) is 0 Å². The van der Waals surface area contributed by atoms with Gasteiger partial charge in [-0.2, -0.15) is 0 Å². The van der Waals surface area contributed by atoms with E-state index in [-0.39, 0.29) is 11.9 Å². The van der Waals surface area contributed by atoms with Crippen LogP contribution in [0.4, 0.5) is 0 Å². The summed E-state index contributed by atoms with van der Waals surface area (Å²) >= 11 is 0. The van der Waals surface area contributed by atoms with Crippen LogP contribution in [0.1, 0.15) is 42.9 Å². The molecule has 0 unspecified atom stereocenters. The number of aryl methyl sites for hydroxylation is 1. The van der Waals surface area contributed by atoms with E-state index in [0.717, 1.165) is 43.8 Å². The van der Waals surface area contributed by atoms with Crippen molar-refractivity contribution in [3.8, 4) is 5.75 Å². The lowest BCUT2D eigenvalue weighted by molar-refractivity contribution is -0.129. The van der Waals surface area contributed by atoms with Crippen molar-refractivity contribution >= 4 is 5.91 Å². The fourth-order valence-corrected chi connectivity index (χ4v) is 4.09. The number of likely N-dealkylation sites (tertiary alicyclic amines) is 1. The van der Waals surface area contributed by atoms with E-state index in [9.17, 15) is 4.79 Å². The number of nitrogens with one attached hydrogen (secondary N) is 1. The number of piperidine rings is 1. The third-order valence-electron chi connectivity index (χ3n) is 5.62. The molecule has 27 heavy (non-hydrogen) atoms. The Kier molecular flexibility index (Phi) is 5.73. The minimum atomic E-state index is -0.410. The van der Waals surface area contributed by atoms with Crippen LogP contribution in [-0.2, 0) is 11.2 Å². The summed E-state index contributed by atoms with van der Waals surface area (Å²) in [4.78, 5) is 15.4. The van der Waals surface area contributed by atoms with Crippen molar-refractivity contribution in [3.05, 3.63) is 65.7 Å². The molecular weight excluding hydrogens is 336 g/mol. The van der Waals surface area contributed by atoms with Crippen molar-refractivity contribution in [2.24, 2.45) is 0 Å². The van der Waals surface area contributed by atoms with Crippen molar-refractivity contribution < 1.29 is 9.53 Å². The fraction of sp³-hybridized carbons (Fsp3) is 0.435. The molecule has 0 bridgehead atoms. The van der Waals surface area contributed by atoms with E-state index >= 15 is 0 Å². The maximum absolute atomic E-state index is 13.0. The first-order chi connectivity index (χ1) is 13.3. The molecule has 4 nitrogen and oxygen atoms in total. The van der Waals surface area contributed by atoms with E-state index in [1.807, 2.05) is 36.4 Å². The molecule has 2 aliphatic rings. The van der Waals surface area contributed by atoms with Crippen molar-refractivity contribution in [1.82, 2.24) is 10.2 Å². The average Bonchev–Trinajstić information content (AvgIpc) is 2.74. The van der Waals surface area contributed by atoms with Crippen molar-refractivity contribution in [3.63, 3.8) is 0 Å². The number of carbonyl (C=O) groups is 1. The van der Waals surface area contributed by atoms with Gasteiger partial charge in [0, 0.05) is 6.54 Å². The highest BCUT2D eigenvalue weighted by Crippen LogP contribution is 2.27. The molecule has 1 saturated heterocycles. The van der Waals surface area contributed by atoms with E-state index in [1.54, 1.807) is 0 Å². The minimum absolute atomic E-state index is 0.00225. The lowest BCUT2D eigenvalue weighted by Crippen LogP contribution is -2.45. The standard InChI is InChI=1S/C23H28N2O2/c26-23(22-14-13-19-11-5-6-12-21(19)27-22)24-20(18-9-3-1-4-10-18)17-25-15-7-2-8-16-25/h1,3-6,9-12,20,22H,2,7-8,13-17H2,(H,24,26)/t20-,22-/m1/s1. The molecule has 1 N–H and O–H groups in total. The van der Waals surface area contributed by atoms with Gasteiger partial charge in [-0.25, -0.2) is 0 Å². The average molecular weight is 364 g/mol. The SMILES string of the molecule is O=C(N[C@H](CN1CCCCC1)c1ccccc1)[C@H]1CCc2ccccc2O1. The fourth-order valence-electron chi connectivity index (χ4n) is 4.09. The van der Waals surface area contributed by atoms with Gasteiger partial charge in [0.2, 0.25) is 0 Å². The van der Waals surface area contributed by atoms with Crippen molar-refractivity contribution in [2.45, 2.75) is 44.2 Å². The zero-order chi connectivity index (χ0) is 18.5. The Hall–Kier alpha value is -2.33. The summed E-state index contributed by atoms with van der Waals surface area (Å²) in [7, 11) is 0. The number of benzene rings is 2. The second-order valence-corrected chi connectivity index (χ2v) is 7.59. The first-order valence-corrected chi connectivity index (χ1v) is 10.1. The van der Waals surface area contributed by atoms with Crippen molar-refractivity contribution in [2.75, 3.05) is 19.6 Å². The normalized spacial score (nSPS) is 21.0. The van der Waals surface area contributed by atoms with Gasteiger partial charge in [-0.1, -0.05) is 55.0 Å². The van der Waals surface area contributed by atoms with Crippen LogP contribution in [-0.4, -0.2) is 36.5 Å². The number of hydrogen-bond acceptors (Lipinski definition) is 3. The van der Waals surface area contributed by atoms with Gasteiger partial charge in [0.05, 0.1) is 6.04 Å². The van der Waals surface area contributed by atoms with Gasteiger partial charge in [-0.05, 0) is 56.0 Å².